The van der Waals surface area contributed by atoms with E-state index in [1.54, 1.807) is 12.3 Å². The first kappa shape index (κ1) is 14.7. The van der Waals surface area contributed by atoms with Crippen LogP contribution in [0.3, 0.4) is 0 Å². The number of ether oxygens (including phenoxy) is 1. The highest BCUT2D eigenvalue weighted by molar-refractivity contribution is 5.90. The van der Waals surface area contributed by atoms with Gasteiger partial charge in [0, 0.05) is 24.2 Å². The number of nitro groups is 1. The molecule has 1 aliphatic rings. The number of methoxy groups -OCH3 is 1. The molecule has 1 fully saturated rings. The van der Waals surface area contributed by atoms with Crippen molar-refractivity contribution in [1.29, 1.82) is 0 Å². The summed E-state index contributed by atoms with van der Waals surface area (Å²) in [5, 5.41) is 12.0. The van der Waals surface area contributed by atoms with Crippen LogP contribution in [0.1, 0.15) is 24.8 Å². The van der Waals surface area contributed by atoms with E-state index in [9.17, 15) is 10.1 Å². The van der Waals surface area contributed by atoms with Gasteiger partial charge in [0.05, 0.1) is 12.0 Å². The van der Waals surface area contributed by atoms with Crippen molar-refractivity contribution in [1.82, 2.24) is 9.88 Å². The molecule has 6 nitrogen and oxygen atoms in total. The fourth-order valence-electron chi connectivity index (χ4n) is 3.08. The van der Waals surface area contributed by atoms with Crippen LogP contribution in [0.15, 0.2) is 24.4 Å². The van der Waals surface area contributed by atoms with E-state index < -0.39 is 4.92 Å². The van der Waals surface area contributed by atoms with Gasteiger partial charge in [-0.1, -0.05) is 6.42 Å². The summed E-state index contributed by atoms with van der Waals surface area (Å²) in [6.07, 6.45) is 5.47. The van der Waals surface area contributed by atoms with E-state index in [-0.39, 0.29) is 11.4 Å². The summed E-state index contributed by atoms with van der Waals surface area (Å²) in [5.74, 6) is 0.239. The van der Waals surface area contributed by atoms with E-state index in [0.717, 1.165) is 30.6 Å². The highest BCUT2D eigenvalue weighted by Crippen LogP contribution is 2.35. The predicted octanol–water partition coefficient (Wildman–Crippen LogP) is 3.14. The molecule has 22 heavy (non-hydrogen) atoms. The van der Waals surface area contributed by atoms with Crippen molar-refractivity contribution in [3.05, 3.63) is 40.1 Å². The third-order valence-electron chi connectivity index (χ3n) is 4.18. The second-order valence-corrected chi connectivity index (χ2v) is 5.58. The average Bonchev–Trinajstić information content (AvgIpc) is 2.55. The Kier molecular flexibility index (Phi) is 4.20. The lowest BCUT2D eigenvalue weighted by molar-refractivity contribution is -0.385. The molecule has 116 valence electrons. The average molecular weight is 301 g/mol. The van der Waals surface area contributed by atoms with Gasteiger partial charge in [0.1, 0.15) is 5.52 Å². The molecule has 0 radical (unpaired) electrons. The molecule has 2 aromatic rings. The molecular formula is C16H19N3O3. The molecule has 0 aliphatic carbocycles. The second-order valence-electron chi connectivity index (χ2n) is 5.58. The Hall–Kier alpha value is -2.21. The molecule has 0 spiro atoms. The van der Waals surface area contributed by atoms with Crippen LogP contribution in [-0.2, 0) is 6.54 Å². The second kappa shape index (κ2) is 6.27. The van der Waals surface area contributed by atoms with Crippen molar-refractivity contribution in [3.63, 3.8) is 0 Å². The van der Waals surface area contributed by atoms with Crippen LogP contribution in [-0.4, -0.2) is 35.0 Å². The lowest BCUT2D eigenvalue weighted by Gasteiger charge is -2.26. The molecule has 0 unspecified atom stereocenters. The van der Waals surface area contributed by atoms with E-state index in [2.05, 4.69) is 9.88 Å². The molecule has 0 atom stereocenters. The number of hydrogen-bond donors (Lipinski definition) is 0. The van der Waals surface area contributed by atoms with Crippen molar-refractivity contribution in [3.8, 4) is 5.75 Å². The number of hydrogen-bond acceptors (Lipinski definition) is 5. The fourth-order valence-corrected chi connectivity index (χ4v) is 3.08. The molecule has 1 aromatic heterocycles. The Bertz CT molecular complexity index is 696. The Morgan fingerprint density at radius 1 is 1.27 bits per heavy atom. The first-order valence-electron chi connectivity index (χ1n) is 7.52. The third-order valence-corrected chi connectivity index (χ3v) is 4.18. The van der Waals surface area contributed by atoms with E-state index in [4.69, 9.17) is 4.74 Å². The Morgan fingerprint density at radius 3 is 2.73 bits per heavy atom. The molecule has 2 heterocycles. The summed E-state index contributed by atoms with van der Waals surface area (Å²) < 4.78 is 5.25. The number of aromatic nitrogens is 1. The summed E-state index contributed by atoms with van der Waals surface area (Å²) in [4.78, 5) is 17.4. The largest absolute Gasteiger partial charge is 0.489 e. The zero-order valence-electron chi connectivity index (χ0n) is 12.6. The number of piperidine rings is 1. The van der Waals surface area contributed by atoms with Crippen molar-refractivity contribution in [2.45, 2.75) is 25.8 Å². The molecule has 3 rings (SSSR count). The minimum Gasteiger partial charge on any atom is -0.489 e. The van der Waals surface area contributed by atoms with Crippen LogP contribution in [0.25, 0.3) is 10.9 Å². The first-order valence-corrected chi connectivity index (χ1v) is 7.52. The van der Waals surface area contributed by atoms with E-state index in [0.29, 0.717) is 5.52 Å². The van der Waals surface area contributed by atoms with Gasteiger partial charge in [0.15, 0.2) is 0 Å². The summed E-state index contributed by atoms with van der Waals surface area (Å²) in [6, 6.07) is 5.27. The van der Waals surface area contributed by atoms with Crippen LogP contribution in [0.2, 0.25) is 0 Å². The molecule has 1 aliphatic heterocycles. The van der Waals surface area contributed by atoms with E-state index in [1.165, 1.54) is 32.4 Å². The number of nitrogens with zero attached hydrogens (tertiary/aromatic N) is 3. The van der Waals surface area contributed by atoms with Gasteiger partial charge in [-0.25, -0.2) is 0 Å². The van der Waals surface area contributed by atoms with Crippen LogP contribution in [0.4, 0.5) is 5.69 Å². The van der Waals surface area contributed by atoms with Gasteiger partial charge in [-0.3, -0.25) is 20.0 Å². The zero-order valence-corrected chi connectivity index (χ0v) is 12.6. The van der Waals surface area contributed by atoms with Gasteiger partial charge in [0.2, 0.25) is 5.75 Å². The van der Waals surface area contributed by atoms with Crippen molar-refractivity contribution >= 4 is 16.6 Å². The molecular weight excluding hydrogens is 282 g/mol. The van der Waals surface area contributed by atoms with E-state index in [1.807, 2.05) is 6.07 Å². The SMILES string of the molecule is COc1c([N+](=O)[O-])ccc2c(CN3CCCCC3)ccnc12. The van der Waals surface area contributed by atoms with Crippen LogP contribution in [0.5, 0.6) is 5.75 Å². The maximum absolute atomic E-state index is 11.1. The number of rotatable bonds is 4. The van der Waals surface area contributed by atoms with Crippen molar-refractivity contribution < 1.29 is 9.66 Å². The van der Waals surface area contributed by atoms with Crippen molar-refractivity contribution in [2.75, 3.05) is 20.2 Å². The third kappa shape index (κ3) is 2.74. The number of benzene rings is 1. The monoisotopic (exact) mass is 301 g/mol. The topological polar surface area (TPSA) is 68.5 Å². The molecule has 0 saturated carbocycles. The minimum absolute atomic E-state index is 0.0439. The maximum Gasteiger partial charge on any atom is 0.313 e. The van der Waals surface area contributed by atoms with Gasteiger partial charge in [0.25, 0.3) is 0 Å². The standard InChI is InChI=1S/C16H19N3O3/c1-22-16-14(19(20)21)6-5-13-12(7-8-17-15(13)16)11-18-9-3-2-4-10-18/h5-8H,2-4,9-11H2,1H3. The minimum atomic E-state index is -0.433. The smallest absolute Gasteiger partial charge is 0.313 e. The highest BCUT2D eigenvalue weighted by Gasteiger charge is 2.20. The zero-order chi connectivity index (χ0) is 15.5. The van der Waals surface area contributed by atoms with Gasteiger partial charge in [-0.05, 0) is 43.6 Å². The van der Waals surface area contributed by atoms with Crippen LogP contribution in [0, 0.1) is 10.1 Å². The van der Waals surface area contributed by atoms with Gasteiger partial charge < -0.3 is 4.74 Å². The number of nitro benzene ring substituents is 1. The summed E-state index contributed by atoms with van der Waals surface area (Å²) >= 11 is 0. The van der Waals surface area contributed by atoms with Crippen LogP contribution < -0.4 is 4.74 Å². The maximum atomic E-state index is 11.1. The van der Waals surface area contributed by atoms with Gasteiger partial charge in [-0.15, -0.1) is 0 Å². The Labute approximate surface area is 128 Å². The summed E-state index contributed by atoms with van der Waals surface area (Å²) in [5.41, 5.74) is 1.66. The molecule has 0 bridgehead atoms. The highest BCUT2D eigenvalue weighted by atomic mass is 16.6. The number of likely N-dealkylation sites (tertiary alicyclic amines) is 1. The molecule has 0 N–H and O–H groups in total. The lowest BCUT2D eigenvalue weighted by atomic mass is 10.1. The molecule has 6 heteroatoms. The van der Waals surface area contributed by atoms with Gasteiger partial charge >= 0.3 is 5.69 Å². The molecule has 1 saturated heterocycles. The van der Waals surface area contributed by atoms with Gasteiger partial charge in [-0.2, -0.15) is 0 Å². The number of pyridine rings is 1. The Morgan fingerprint density at radius 2 is 2.05 bits per heavy atom. The number of fused-ring (bicyclic) bond motifs is 1. The normalized spacial score (nSPS) is 15.9. The lowest BCUT2D eigenvalue weighted by Crippen LogP contribution is -2.29. The summed E-state index contributed by atoms with van der Waals surface area (Å²) in [6.45, 7) is 3.06. The first-order chi connectivity index (χ1) is 10.7. The predicted molar refractivity (Wildman–Crippen MR) is 84.1 cm³/mol. The molecule has 0 amide bonds. The van der Waals surface area contributed by atoms with Crippen LogP contribution >= 0.6 is 0 Å². The van der Waals surface area contributed by atoms with E-state index >= 15 is 0 Å². The fraction of sp³-hybridized carbons (Fsp3) is 0.438. The quantitative estimate of drug-likeness (QED) is 0.641. The summed E-state index contributed by atoms with van der Waals surface area (Å²) in [7, 11) is 1.45. The Balaban J connectivity index is 2.03. The van der Waals surface area contributed by atoms with Crippen molar-refractivity contribution in [2.24, 2.45) is 0 Å². The molecule has 1 aromatic carbocycles.